The Kier molecular flexibility index (Phi) is 4.77. The van der Waals surface area contributed by atoms with Gasteiger partial charge >= 0.3 is 0 Å². The van der Waals surface area contributed by atoms with Gasteiger partial charge in [0.05, 0.1) is 12.9 Å². The SMILES string of the molecule is COCCOc1ccc(NS(C)(=O)=O)cc1C. The minimum Gasteiger partial charge on any atom is -0.491 e. The molecule has 0 amide bonds. The molecule has 0 saturated heterocycles. The smallest absolute Gasteiger partial charge is 0.229 e. The number of nitrogens with one attached hydrogen (secondary N) is 1. The molecule has 1 rings (SSSR count). The van der Waals surface area contributed by atoms with Crippen LogP contribution in [0.1, 0.15) is 5.56 Å². The summed E-state index contributed by atoms with van der Waals surface area (Å²) in [5.41, 5.74) is 1.40. The van der Waals surface area contributed by atoms with Gasteiger partial charge in [-0.05, 0) is 30.7 Å². The second-order valence-corrected chi connectivity index (χ2v) is 5.44. The minimum absolute atomic E-state index is 0.468. The first kappa shape index (κ1) is 13.8. The highest BCUT2D eigenvalue weighted by Gasteiger charge is 2.05. The topological polar surface area (TPSA) is 64.6 Å². The number of hydrogen-bond acceptors (Lipinski definition) is 4. The molecule has 1 N–H and O–H groups in total. The standard InChI is InChI=1S/C11H17NO4S/c1-9-8-10(12-17(3,13)14)4-5-11(9)16-7-6-15-2/h4-5,8,12H,6-7H2,1-3H3. The molecule has 0 unspecified atom stereocenters. The Hall–Kier alpha value is -1.27. The first-order valence-corrected chi connectivity index (χ1v) is 7.01. The summed E-state index contributed by atoms with van der Waals surface area (Å²) in [6.07, 6.45) is 1.12. The van der Waals surface area contributed by atoms with Gasteiger partial charge in [-0.25, -0.2) is 8.42 Å². The summed E-state index contributed by atoms with van der Waals surface area (Å²) >= 11 is 0. The van der Waals surface area contributed by atoms with Gasteiger partial charge in [-0.1, -0.05) is 0 Å². The van der Waals surface area contributed by atoms with Gasteiger partial charge in [-0.2, -0.15) is 0 Å². The van der Waals surface area contributed by atoms with Crippen molar-refractivity contribution < 1.29 is 17.9 Å². The van der Waals surface area contributed by atoms with Crippen LogP contribution in [0.15, 0.2) is 18.2 Å². The highest BCUT2D eigenvalue weighted by Crippen LogP contribution is 2.22. The molecular formula is C11H17NO4S. The van der Waals surface area contributed by atoms with E-state index >= 15 is 0 Å². The Labute approximate surface area is 102 Å². The number of rotatable bonds is 6. The van der Waals surface area contributed by atoms with Crippen LogP contribution in [-0.2, 0) is 14.8 Å². The van der Waals surface area contributed by atoms with Crippen LogP contribution in [0.3, 0.4) is 0 Å². The lowest BCUT2D eigenvalue weighted by Gasteiger charge is -2.10. The predicted octanol–water partition coefficient (Wildman–Crippen LogP) is 1.39. The Morgan fingerprint density at radius 2 is 2.00 bits per heavy atom. The Morgan fingerprint density at radius 1 is 1.29 bits per heavy atom. The van der Waals surface area contributed by atoms with Crippen molar-refractivity contribution in [3.8, 4) is 5.75 Å². The fraction of sp³-hybridized carbons (Fsp3) is 0.455. The van der Waals surface area contributed by atoms with E-state index in [4.69, 9.17) is 9.47 Å². The van der Waals surface area contributed by atoms with Gasteiger partial charge in [0.25, 0.3) is 0 Å². The maximum absolute atomic E-state index is 11.0. The summed E-state index contributed by atoms with van der Waals surface area (Å²) in [6, 6.07) is 5.12. The van der Waals surface area contributed by atoms with E-state index < -0.39 is 10.0 Å². The summed E-state index contributed by atoms with van der Waals surface area (Å²) in [5.74, 6) is 0.723. The molecule has 0 saturated carbocycles. The van der Waals surface area contributed by atoms with E-state index in [0.29, 0.717) is 18.9 Å². The van der Waals surface area contributed by atoms with Crippen molar-refractivity contribution in [2.45, 2.75) is 6.92 Å². The summed E-state index contributed by atoms with van der Waals surface area (Å²) < 4.78 is 34.8. The highest BCUT2D eigenvalue weighted by molar-refractivity contribution is 7.92. The summed E-state index contributed by atoms with van der Waals surface area (Å²) in [6.45, 7) is 2.84. The van der Waals surface area contributed by atoms with Crippen molar-refractivity contribution in [1.29, 1.82) is 0 Å². The number of anilines is 1. The van der Waals surface area contributed by atoms with E-state index in [2.05, 4.69) is 4.72 Å². The van der Waals surface area contributed by atoms with E-state index in [-0.39, 0.29) is 0 Å². The van der Waals surface area contributed by atoms with E-state index in [9.17, 15) is 8.42 Å². The Bertz CT molecular complexity index is 470. The number of aryl methyl sites for hydroxylation is 1. The predicted molar refractivity (Wildman–Crippen MR) is 67.0 cm³/mol. The molecule has 0 fully saturated rings. The number of benzene rings is 1. The van der Waals surface area contributed by atoms with Crippen molar-refractivity contribution >= 4 is 15.7 Å². The van der Waals surface area contributed by atoms with Crippen LogP contribution in [0.25, 0.3) is 0 Å². The maximum Gasteiger partial charge on any atom is 0.229 e. The zero-order valence-electron chi connectivity index (χ0n) is 10.2. The van der Waals surface area contributed by atoms with Crippen LogP contribution < -0.4 is 9.46 Å². The number of methoxy groups -OCH3 is 1. The number of ether oxygens (including phenoxy) is 2. The Morgan fingerprint density at radius 3 is 2.53 bits per heavy atom. The van der Waals surface area contributed by atoms with Gasteiger partial charge in [0, 0.05) is 12.8 Å². The van der Waals surface area contributed by atoms with Gasteiger partial charge in [-0.3, -0.25) is 4.72 Å². The van der Waals surface area contributed by atoms with E-state index in [1.54, 1.807) is 25.3 Å². The third-order valence-electron chi connectivity index (χ3n) is 2.02. The van der Waals surface area contributed by atoms with Crippen molar-refractivity contribution in [1.82, 2.24) is 0 Å². The lowest BCUT2D eigenvalue weighted by Crippen LogP contribution is -2.10. The average molecular weight is 259 g/mol. The molecule has 0 bridgehead atoms. The molecule has 96 valence electrons. The van der Waals surface area contributed by atoms with Gasteiger partial charge < -0.3 is 9.47 Å². The summed E-state index contributed by atoms with van der Waals surface area (Å²) in [7, 11) is -1.63. The van der Waals surface area contributed by atoms with Gasteiger partial charge in [-0.15, -0.1) is 0 Å². The van der Waals surface area contributed by atoms with Crippen LogP contribution >= 0.6 is 0 Å². The Balaban J connectivity index is 2.72. The van der Waals surface area contributed by atoms with Gasteiger partial charge in [0.15, 0.2) is 0 Å². The molecule has 1 aromatic rings. The van der Waals surface area contributed by atoms with Crippen LogP contribution in [0.4, 0.5) is 5.69 Å². The van der Waals surface area contributed by atoms with Crippen LogP contribution in [0.2, 0.25) is 0 Å². The van der Waals surface area contributed by atoms with Crippen LogP contribution in [0, 0.1) is 6.92 Å². The molecule has 17 heavy (non-hydrogen) atoms. The van der Waals surface area contributed by atoms with Crippen molar-refractivity contribution in [3.63, 3.8) is 0 Å². The minimum atomic E-state index is -3.24. The molecule has 1 aromatic carbocycles. The lowest BCUT2D eigenvalue weighted by molar-refractivity contribution is 0.146. The van der Waals surface area contributed by atoms with Crippen LogP contribution in [0.5, 0.6) is 5.75 Å². The molecule has 0 aromatic heterocycles. The van der Waals surface area contributed by atoms with E-state index in [1.165, 1.54) is 0 Å². The first-order chi connectivity index (χ1) is 7.92. The molecule has 0 aliphatic carbocycles. The molecule has 0 aliphatic heterocycles. The fourth-order valence-corrected chi connectivity index (χ4v) is 1.88. The third-order valence-corrected chi connectivity index (χ3v) is 2.63. The number of hydrogen-bond donors (Lipinski definition) is 1. The van der Waals surface area contributed by atoms with Crippen molar-refractivity contribution in [2.24, 2.45) is 0 Å². The molecule has 0 heterocycles. The monoisotopic (exact) mass is 259 g/mol. The lowest BCUT2D eigenvalue weighted by atomic mass is 10.2. The van der Waals surface area contributed by atoms with Crippen LogP contribution in [-0.4, -0.2) is 35.0 Å². The molecular weight excluding hydrogens is 242 g/mol. The second kappa shape index (κ2) is 5.88. The molecule has 6 heteroatoms. The van der Waals surface area contributed by atoms with E-state index in [1.807, 2.05) is 6.92 Å². The van der Waals surface area contributed by atoms with E-state index in [0.717, 1.165) is 17.6 Å². The molecule has 0 spiro atoms. The summed E-state index contributed by atoms with van der Waals surface area (Å²) in [5, 5.41) is 0. The van der Waals surface area contributed by atoms with Crippen molar-refractivity contribution in [3.05, 3.63) is 23.8 Å². The molecule has 0 radical (unpaired) electrons. The van der Waals surface area contributed by atoms with Gasteiger partial charge in [0.2, 0.25) is 10.0 Å². The maximum atomic E-state index is 11.0. The highest BCUT2D eigenvalue weighted by atomic mass is 32.2. The average Bonchev–Trinajstić information content (AvgIpc) is 2.19. The third kappa shape index (κ3) is 5.06. The fourth-order valence-electron chi connectivity index (χ4n) is 1.32. The normalized spacial score (nSPS) is 11.2. The quantitative estimate of drug-likeness (QED) is 0.784. The van der Waals surface area contributed by atoms with Crippen molar-refractivity contribution in [2.75, 3.05) is 31.3 Å². The first-order valence-electron chi connectivity index (χ1n) is 5.12. The molecule has 0 aliphatic rings. The zero-order chi connectivity index (χ0) is 12.9. The molecule has 5 nitrogen and oxygen atoms in total. The largest absolute Gasteiger partial charge is 0.491 e. The number of sulfonamides is 1. The second-order valence-electron chi connectivity index (χ2n) is 3.70. The zero-order valence-corrected chi connectivity index (χ0v) is 11.0. The molecule has 0 atom stereocenters. The summed E-state index contributed by atoms with van der Waals surface area (Å²) in [4.78, 5) is 0. The van der Waals surface area contributed by atoms with Gasteiger partial charge in [0.1, 0.15) is 12.4 Å².